The lowest BCUT2D eigenvalue weighted by molar-refractivity contribution is -0.137. The Kier molecular flexibility index (Phi) is 5.85. The van der Waals surface area contributed by atoms with Gasteiger partial charge in [-0.15, -0.1) is 0 Å². The Morgan fingerprint density at radius 3 is 2.29 bits per heavy atom. The van der Waals surface area contributed by atoms with Crippen molar-refractivity contribution in [2.24, 2.45) is 0 Å². The third kappa shape index (κ3) is 4.93. The Morgan fingerprint density at radius 1 is 1.08 bits per heavy atom. The number of nitrogens with one attached hydrogen (secondary N) is 1. The summed E-state index contributed by atoms with van der Waals surface area (Å²) in [6, 6.07) is 7.50. The standard InChI is InChI=1S/C15H9Cl3F3NO2/c16-8-4-9(17)6-10(5-8)24-7-13(23)22-14-11(15(19,20)21)2-1-3-12(14)18/h1-6H,7H2,(H,22,23). The first-order valence-corrected chi connectivity index (χ1v) is 7.54. The molecule has 0 fully saturated rings. The molecule has 0 atom stereocenters. The smallest absolute Gasteiger partial charge is 0.418 e. The molecule has 0 aliphatic carbocycles. The zero-order valence-electron chi connectivity index (χ0n) is 11.8. The summed E-state index contributed by atoms with van der Waals surface area (Å²) in [4.78, 5) is 11.9. The van der Waals surface area contributed by atoms with E-state index in [1.807, 2.05) is 0 Å². The topological polar surface area (TPSA) is 38.3 Å². The van der Waals surface area contributed by atoms with Gasteiger partial charge in [-0.1, -0.05) is 40.9 Å². The molecule has 0 aliphatic rings. The van der Waals surface area contributed by atoms with Gasteiger partial charge in [0, 0.05) is 10.0 Å². The molecule has 0 aliphatic heterocycles. The summed E-state index contributed by atoms with van der Waals surface area (Å²) in [6.07, 6.45) is -4.66. The van der Waals surface area contributed by atoms with Crippen molar-refractivity contribution in [2.45, 2.75) is 6.18 Å². The van der Waals surface area contributed by atoms with Crippen LogP contribution in [0.2, 0.25) is 15.1 Å². The number of rotatable bonds is 4. The average molecular weight is 399 g/mol. The Bertz CT molecular complexity index is 746. The van der Waals surface area contributed by atoms with E-state index in [9.17, 15) is 18.0 Å². The van der Waals surface area contributed by atoms with Crippen molar-refractivity contribution in [3.8, 4) is 5.75 Å². The second-order valence-corrected chi connectivity index (χ2v) is 5.88. The fourth-order valence-electron chi connectivity index (χ4n) is 1.82. The molecule has 0 bridgehead atoms. The van der Waals surface area contributed by atoms with Crippen LogP contribution in [-0.4, -0.2) is 12.5 Å². The molecule has 24 heavy (non-hydrogen) atoms. The second-order valence-electron chi connectivity index (χ2n) is 4.60. The van der Waals surface area contributed by atoms with Crippen LogP contribution in [-0.2, 0) is 11.0 Å². The molecule has 9 heteroatoms. The lowest BCUT2D eigenvalue weighted by atomic mass is 10.1. The van der Waals surface area contributed by atoms with E-state index in [1.54, 1.807) is 0 Å². The highest BCUT2D eigenvalue weighted by atomic mass is 35.5. The number of anilines is 1. The van der Waals surface area contributed by atoms with E-state index in [1.165, 1.54) is 24.3 Å². The lowest BCUT2D eigenvalue weighted by Crippen LogP contribution is -2.22. The van der Waals surface area contributed by atoms with Gasteiger partial charge in [-0.2, -0.15) is 13.2 Å². The largest absolute Gasteiger partial charge is 0.484 e. The third-order valence-electron chi connectivity index (χ3n) is 2.79. The first-order valence-electron chi connectivity index (χ1n) is 6.41. The van der Waals surface area contributed by atoms with Gasteiger partial charge in [0.25, 0.3) is 5.91 Å². The summed E-state index contributed by atoms with van der Waals surface area (Å²) < 4.78 is 44.0. The molecule has 0 spiro atoms. The Labute approximate surface area is 150 Å². The van der Waals surface area contributed by atoms with Crippen molar-refractivity contribution in [3.63, 3.8) is 0 Å². The molecule has 1 amide bonds. The van der Waals surface area contributed by atoms with E-state index >= 15 is 0 Å². The Morgan fingerprint density at radius 2 is 1.71 bits per heavy atom. The van der Waals surface area contributed by atoms with Crippen molar-refractivity contribution in [1.82, 2.24) is 0 Å². The van der Waals surface area contributed by atoms with Crippen LogP contribution in [0.25, 0.3) is 0 Å². The number of carbonyl (C=O) groups is 1. The molecule has 2 aromatic carbocycles. The van der Waals surface area contributed by atoms with E-state index < -0.39 is 29.9 Å². The van der Waals surface area contributed by atoms with Gasteiger partial charge in [0.1, 0.15) is 5.75 Å². The van der Waals surface area contributed by atoms with Gasteiger partial charge in [0.15, 0.2) is 6.61 Å². The van der Waals surface area contributed by atoms with Gasteiger partial charge in [-0.25, -0.2) is 0 Å². The number of para-hydroxylation sites is 1. The number of hydrogen-bond donors (Lipinski definition) is 1. The average Bonchev–Trinajstić information content (AvgIpc) is 2.45. The van der Waals surface area contributed by atoms with E-state index in [4.69, 9.17) is 39.5 Å². The number of amides is 1. The molecule has 0 saturated heterocycles. The van der Waals surface area contributed by atoms with E-state index in [2.05, 4.69) is 5.32 Å². The zero-order valence-corrected chi connectivity index (χ0v) is 14.0. The normalized spacial score (nSPS) is 11.2. The minimum absolute atomic E-state index is 0.206. The van der Waals surface area contributed by atoms with E-state index in [0.717, 1.165) is 12.1 Å². The van der Waals surface area contributed by atoms with Crippen molar-refractivity contribution in [3.05, 3.63) is 57.0 Å². The summed E-state index contributed by atoms with van der Waals surface area (Å²) in [7, 11) is 0. The molecule has 0 unspecified atom stereocenters. The highest BCUT2D eigenvalue weighted by molar-refractivity contribution is 6.35. The summed E-state index contributed by atoms with van der Waals surface area (Å²) in [5.41, 5.74) is -1.57. The van der Waals surface area contributed by atoms with Gasteiger partial charge >= 0.3 is 6.18 Å². The van der Waals surface area contributed by atoms with Crippen molar-refractivity contribution in [2.75, 3.05) is 11.9 Å². The minimum atomic E-state index is -4.66. The van der Waals surface area contributed by atoms with Gasteiger partial charge in [0.2, 0.25) is 0 Å². The molecule has 128 valence electrons. The molecule has 2 rings (SSSR count). The van der Waals surface area contributed by atoms with Crippen LogP contribution in [0, 0.1) is 0 Å². The number of benzene rings is 2. The summed E-state index contributed by atoms with van der Waals surface area (Å²) in [6.45, 7) is -0.542. The highest BCUT2D eigenvalue weighted by Crippen LogP contribution is 2.38. The molecule has 1 N–H and O–H groups in total. The summed E-state index contributed by atoms with van der Waals surface area (Å²) in [5.74, 6) is -0.609. The van der Waals surface area contributed by atoms with Crippen LogP contribution in [0.15, 0.2) is 36.4 Å². The number of hydrogen-bond acceptors (Lipinski definition) is 2. The first-order chi connectivity index (χ1) is 11.2. The molecule has 0 aromatic heterocycles. The Balaban J connectivity index is 2.10. The van der Waals surface area contributed by atoms with Gasteiger partial charge in [0.05, 0.1) is 16.3 Å². The third-order valence-corrected chi connectivity index (χ3v) is 3.54. The minimum Gasteiger partial charge on any atom is -0.484 e. The maximum atomic E-state index is 12.9. The summed E-state index contributed by atoms with van der Waals surface area (Å²) >= 11 is 17.3. The lowest BCUT2D eigenvalue weighted by Gasteiger charge is -2.15. The quantitative estimate of drug-likeness (QED) is 0.719. The molecule has 2 aromatic rings. The van der Waals surface area contributed by atoms with E-state index in [0.29, 0.717) is 10.0 Å². The Hall–Kier alpha value is -1.63. The maximum Gasteiger partial charge on any atom is 0.418 e. The van der Waals surface area contributed by atoms with Crippen molar-refractivity contribution in [1.29, 1.82) is 0 Å². The number of halogens is 6. The SMILES string of the molecule is O=C(COc1cc(Cl)cc(Cl)c1)Nc1c(Cl)cccc1C(F)(F)F. The van der Waals surface area contributed by atoms with Crippen LogP contribution in [0.1, 0.15) is 5.56 Å². The van der Waals surface area contributed by atoms with Crippen LogP contribution >= 0.6 is 34.8 Å². The fraction of sp³-hybridized carbons (Fsp3) is 0.133. The summed E-state index contributed by atoms with van der Waals surface area (Å²) in [5, 5.41) is 2.46. The van der Waals surface area contributed by atoms with Gasteiger partial charge < -0.3 is 10.1 Å². The monoisotopic (exact) mass is 397 g/mol. The van der Waals surface area contributed by atoms with Gasteiger partial charge in [-0.05, 0) is 30.3 Å². The highest BCUT2D eigenvalue weighted by Gasteiger charge is 2.34. The number of carbonyl (C=O) groups excluding carboxylic acids is 1. The second kappa shape index (κ2) is 7.51. The van der Waals surface area contributed by atoms with Crippen LogP contribution in [0.4, 0.5) is 18.9 Å². The van der Waals surface area contributed by atoms with Crippen molar-refractivity contribution < 1.29 is 22.7 Å². The fourth-order valence-corrected chi connectivity index (χ4v) is 2.55. The number of ether oxygens (including phenoxy) is 1. The molecule has 0 heterocycles. The molecular formula is C15H9Cl3F3NO2. The number of alkyl halides is 3. The first kappa shape index (κ1) is 18.7. The predicted molar refractivity (Wildman–Crippen MR) is 87.0 cm³/mol. The molecular weight excluding hydrogens is 390 g/mol. The molecule has 0 radical (unpaired) electrons. The van der Waals surface area contributed by atoms with Crippen molar-refractivity contribution >= 4 is 46.4 Å². The zero-order chi connectivity index (χ0) is 17.9. The maximum absolute atomic E-state index is 12.9. The molecule has 0 saturated carbocycles. The van der Waals surface area contributed by atoms with Crippen LogP contribution in [0.3, 0.4) is 0 Å². The van der Waals surface area contributed by atoms with E-state index in [-0.39, 0.29) is 10.8 Å². The predicted octanol–water partition coefficient (Wildman–Crippen LogP) is 5.68. The van der Waals surface area contributed by atoms with Gasteiger partial charge in [-0.3, -0.25) is 4.79 Å². The molecule has 3 nitrogen and oxygen atoms in total. The van der Waals surface area contributed by atoms with Crippen LogP contribution < -0.4 is 10.1 Å². The van der Waals surface area contributed by atoms with Crippen LogP contribution in [0.5, 0.6) is 5.75 Å².